The molecule has 1 saturated heterocycles. The second-order valence-electron chi connectivity index (χ2n) is 5.80. The lowest BCUT2D eigenvalue weighted by atomic mass is 10.2. The van der Waals surface area contributed by atoms with E-state index >= 15 is 0 Å². The van der Waals surface area contributed by atoms with Crippen molar-refractivity contribution in [2.45, 2.75) is 37.7 Å². The standard InChI is InChI=1S/C16H22N2O5S/c1-12-5-7-14(8-6-12)24(21,22)17-11-15(19)23-13(2)16(20)18-9-3-4-10-18/h5-8,13,17H,3-4,9-11H2,1-2H3/t13-/m0/s1. The van der Waals surface area contributed by atoms with Crippen LogP contribution in [0.25, 0.3) is 0 Å². The Morgan fingerprint density at radius 1 is 1.21 bits per heavy atom. The molecule has 0 bridgehead atoms. The Morgan fingerprint density at radius 3 is 2.38 bits per heavy atom. The number of ether oxygens (including phenoxy) is 1. The molecule has 1 heterocycles. The van der Waals surface area contributed by atoms with Gasteiger partial charge in [-0.3, -0.25) is 9.59 Å². The van der Waals surface area contributed by atoms with Crippen molar-refractivity contribution in [3.05, 3.63) is 29.8 Å². The van der Waals surface area contributed by atoms with Gasteiger partial charge in [0.2, 0.25) is 10.0 Å². The number of likely N-dealkylation sites (tertiary alicyclic amines) is 1. The highest BCUT2D eigenvalue weighted by Crippen LogP contribution is 2.11. The van der Waals surface area contributed by atoms with E-state index in [0.717, 1.165) is 18.4 Å². The van der Waals surface area contributed by atoms with E-state index in [-0.39, 0.29) is 10.8 Å². The van der Waals surface area contributed by atoms with Crippen LogP contribution < -0.4 is 4.72 Å². The number of nitrogens with zero attached hydrogens (tertiary/aromatic N) is 1. The summed E-state index contributed by atoms with van der Waals surface area (Å²) >= 11 is 0. The number of benzene rings is 1. The molecule has 0 radical (unpaired) electrons. The molecule has 7 nitrogen and oxygen atoms in total. The number of hydrogen-bond donors (Lipinski definition) is 1. The van der Waals surface area contributed by atoms with E-state index in [4.69, 9.17) is 4.74 Å². The van der Waals surface area contributed by atoms with Gasteiger partial charge in [-0.05, 0) is 38.8 Å². The Bertz CT molecular complexity index is 694. The summed E-state index contributed by atoms with van der Waals surface area (Å²) in [6.45, 7) is 4.16. The molecular weight excluding hydrogens is 332 g/mol. The fourth-order valence-electron chi connectivity index (χ4n) is 2.44. The van der Waals surface area contributed by atoms with Crippen molar-refractivity contribution in [1.29, 1.82) is 0 Å². The Kier molecular flexibility index (Phi) is 5.95. The number of carbonyl (C=O) groups is 2. The number of rotatable bonds is 6. The van der Waals surface area contributed by atoms with E-state index in [1.54, 1.807) is 17.0 Å². The van der Waals surface area contributed by atoms with E-state index in [1.165, 1.54) is 19.1 Å². The lowest BCUT2D eigenvalue weighted by Crippen LogP contribution is -2.40. The molecule has 2 rings (SSSR count). The minimum absolute atomic E-state index is 0.0714. The molecule has 1 aliphatic heterocycles. The first kappa shape index (κ1) is 18.4. The van der Waals surface area contributed by atoms with Gasteiger partial charge in [-0.15, -0.1) is 0 Å². The fourth-order valence-corrected chi connectivity index (χ4v) is 3.41. The molecule has 132 valence electrons. The van der Waals surface area contributed by atoms with Crippen LogP contribution in [0.1, 0.15) is 25.3 Å². The zero-order chi connectivity index (χ0) is 17.7. The average Bonchev–Trinajstić information content (AvgIpc) is 3.07. The number of sulfonamides is 1. The maximum Gasteiger partial charge on any atom is 0.321 e. The fraction of sp³-hybridized carbons (Fsp3) is 0.500. The predicted molar refractivity (Wildman–Crippen MR) is 87.7 cm³/mol. The molecule has 1 atom stereocenters. The molecule has 1 aromatic rings. The van der Waals surface area contributed by atoms with Crippen molar-refractivity contribution >= 4 is 21.9 Å². The van der Waals surface area contributed by atoms with Crippen LogP contribution in [-0.4, -0.2) is 50.9 Å². The summed E-state index contributed by atoms with van der Waals surface area (Å²) < 4.78 is 31.4. The summed E-state index contributed by atoms with van der Waals surface area (Å²) in [5.41, 5.74) is 0.933. The number of aryl methyl sites for hydroxylation is 1. The molecule has 24 heavy (non-hydrogen) atoms. The summed E-state index contributed by atoms with van der Waals surface area (Å²) in [6.07, 6.45) is 0.977. The smallest absolute Gasteiger partial charge is 0.321 e. The first-order valence-corrected chi connectivity index (χ1v) is 9.32. The van der Waals surface area contributed by atoms with Crippen LogP contribution in [-0.2, 0) is 24.3 Å². The van der Waals surface area contributed by atoms with E-state index < -0.39 is 28.6 Å². The Balaban J connectivity index is 1.85. The first-order chi connectivity index (χ1) is 11.3. The largest absolute Gasteiger partial charge is 0.452 e. The second kappa shape index (κ2) is 7.76. The van der Waals surface area contributed by atoms with Crippen molar-refractivity contribution < 1.29 is 22.7 Å². The number of carbonyl (C=O) groups excluding carboxylic acids is 2. The molecule has 0 aromatic heterocycles. The molecule has 0 spiro atoms. The number of nitrogens with one attached hydrogen (secondary N) is 1. The lowest BCUT2D eigenvalue weighted by Gasteiger charge is -2.20. The van der Waals surface area contributed by atoms with Gasteiger partial charge >= 0.3 is 5.97 Å². The van der Waals surface area contributed by atoms with Gasteiger partial charge in [0.25, 0.3) is 5.91 Å². The molecule has 1 N–H and O–H groups in total. The summed E-state index contributed by atoms with van der Waals surface area (Å²) in [5.74, 6) is -1.03. The van der Waals surface area contributed by atoms with Crippen LogP contribution in [0.2, 0.25) is 0 Å². The van der Waals surface area contributed by atoms with Crippen LogP contribution in [0.4, 0.5) is 0 Å². The average molecular weight is 354 g/mol. The topological polar surface area (TPSA) is 92.8 Å². The minimum atomic E-state index is -3.79. The van der Waals surface area contributed by atoms with Crippen LogP contribution >= 0.6 is 0 Å². The van der Waals surface area contributed by atoms with Crippen LogP contribution in [0.5, 0.6) is 0 Å². The highest BCUT2D eigenvalue weighted by Gasteiger charge is 2.26. The second-order valence-corrected chi connectivity index (χ2v) is 7.57. The van der Waals surface area contributed by atoms with E-state index in [9.17, 15) is 18.0 Å². The number of amides is 1. The molecule has 1 amide bonds. The molecular formula is C16H22N2O5S. The van der Waals surface area contributed by atoms with Gasteiger partial charge in [0.15, 0.2) is 6.10 Å². The molecule has 1 aliphatic rings. The summed E-state index contributed by atoms with van der Waals surface area (Å²) in [7, 11) is -3.79. The SMILES string of the molecule is Cc1ccc(S(=O)(=O)NCC(=O)O[C@@H](C)C(=O)N2CCCC2)cc1. The van der Waals surface area contributed by atoms with E-state index in [0.29, 0.717) is 13.1 Å². The molecule has 0 saturated carbocycles. The predicted octanol–water partition coefficient (Wildman–Crippen LogP) is 0.827. The zero-order valence-corrected chi connectivity index (χ0v) is 14.6. The van der Waals surface area contributed by atoms with Crippen molar-refractivity contribution in [2.24, 2.45) is 0 Å². The zero-order valence-electron chi connectivity index (χ0n) is 13.8. The highest BCUT2D eigenvalue weighted by atomic mass is 32.2. The van der Waals surface area contributed by atoms with Crippen LogP contribution in [0.15, 0.2) is 29.2 Å². The van der Waals surface area contributed by atoms with Crippen molar-refractivity contribution in [2.75, 3.05) is 19.6 Å². The Labute approximate surface area is 142 Å². The molecule has 1 aromatic carbocycles. The summed E-state index contributed by atoms with van der Waals surface area (Å²) in [6, 6.07) is 6.26. The summed E-state index contributed by atoms with van der Waals surface area (Å²) in [5, 5.41) is 0. The van der Waals surface area contributed by atoms with Gasteiger partial charge in [-0.2, -0.15) is 4.72 Å². The third-order valence-corrected chi connectivity index (χ3v) is 5.23. The Morgan fingerprint density at radius 2 is 1.79 bits per heavy atom. The quantitative estimate of drug-likeness (QED) is 0.764. The molecule has 0 unspecified atom stereocenters. The third-order valence-electron chi connectivity index (χ3n) is 3.81. The van der Waals surface area contributed by atoms with Gasteiger partial charge in [-0.1, -0.05) is 17.7 Å². The van der Waals surface area contributed by atoms with Gasteiger partial charge < -0.3 is 9.64 Å². The summed E-state index contributed by atoms with van der Waals surface area (Å²) in [4.78, 5) is 25.5. The normalized spacial score (nSPS) is 16.0. The van der Waals surface area contributed by atoms with E-state index in [1.807, 2.05) is 6.92 Å². The monoisotopic (exact) mass is 354 g/mol. The Hall–Kier alpha value is -1.93. The van der Waals surface area contributed by atoms with Crippen molar-refractivity contribution in [1.82, 2.24) is 9.62 Å². The van der Waals surface area contributed by atoms with Gasteiger partial charge in [-0.25, -0.2) is 8.42 Å². The van der Waals surface area contributed by atoms with Gasteiger partial charge in [0.1, 0.15) is 6.54 Å². The molecule has 0 aliphatic carbocycles. The van der Waals surface area contributed by atoms with Crippen LogP contribution in [0, 0.1) is 6.92 Å². The van der Waals surface area contributed by atoms with Gasteiger partial charge in [0, 0.05) is 13.1 Å². The lowest BCUT2D eigenvalue weighted by molar-refractivity contribution is -0.157. The molecule has 1 fully saturated rings. The van der Waals surface area contributed by atoms with Gasteiger partial charge in [0.05, 0.1) is 4.90 Å². The van der Waals surface area contributed by atoms with Crippen molar-refractivity contribution in [3.8, 4) is 0 Å². The third kappa shape index (κ3) is 4.78. The minimum Gasteiger partial charge on any atom is -0.452 e. The maximum absolute atomic E-state index is 12.1. The van der Waals surface area contributed by atoms with E-state index in [2.05, 4.69) is 4.72 Å². The molecule has 8 heteroatoms. The van der Waals surface area contributed by atoms with Crippen molar-refractivity contribution in [3.63, 3.8) is 0 Å². The maximum atomic E-state index is 12.1. The van der Waals surface area contributed by atoms with Crippen LogP contribution in [0.3, 0.4) is 0 Å². The number of esters is 1. The first-order valence-electron chi connectivity index (χ1n) is 7.84. The number of hydrogen-bond acceptors (Lipinski definition) is 5. The highest BCUT2D eigenvalue weighted by molar-refractivity contribution is 7.89.